The van der Waals surface area contributed by atoms with Crippen LogP contribution in [-0.4, -0.2) is 48.4 Å². The third-order valence-electron chi connectivity index (χ3n) is 4.72. The van der Waals surface area contributed by atoms with Gasteiger partial charge in [-0.05, 0) is 31.4 Å². The van der Waals surface area contributed by atoms with E-state index in [-0.39, 0.29) is 17.5 Å². The van der Waals surface area contributed by atoms with Crippen LogP contribution in [0.25, 0.3) is 0 Å². The van der Waals surface area contributed by atoms with Crippen molar-refractivity contribution in [3.63, 3.8) is 0 Å². The first kappa shape index (κ1) is 28.7. The highest BCUT2D eigenvalue weighted by molar-refractivity contribution is 6.67. The number of allylic oxidation sites excluding steroid dienone is 1. The second-order valence-corrected chi connectivity index (χ2v) is 11.3. The van der Waals surface area contributed by atoms with Crippen molar-refractivity contribution in [3.8, 4) is 5.75 Å². The highest BCUT2D eigenvalue weighted by atomic mass is 35.6. The highest BCUT2D eigenvalue weighted by Gasteiger charge is 2.23. The lowest BCUT2D eigenvalue weighted by Crippen LogP contribution is -2.82. The molecule has 0 spiro atoms. The maximum atomic E-state index is 12.2. The molecule has 1 saturated heterocycles. The molecule has 1 aromatic carbocycles. The average molecular weight is 538 g/mol. The van der Waals surface area contributed by atoms with Gasteiger partial charge in [0.25, 0.3) is 0 Å². The number of nitrogens with zero attached hydrogens (tertiary/aromatic N) is 1. The molecule has 1 amide bonds. The van der Waals surface area contributed by atoms with Gasteiger partial charge in [0.05, 0.1) is 6.61 Å². The van der Waals surface area contributed by atoms with Crippen LogP contribution in [0.15, 0.2) is 41.0 Å². The first-order valence-electron chi connectivity index (χ1n) is 11.0. The number of amidine groups is 1. The van der Waals surface area contributed by atoms with Gasteiger partial charge in [-0.1, -0.05) is 61.6 Å². The number of hydrogen-bond acceptors (Lipinski definition) is 6. The number of aliphatic imine (C=N–C) groups is 1. The molecule has 1 heterocycles. The fraction of sp³-hybridized carbons (Fsp3) is 0.565. The molecule has 1 fully saturated rings. The van der Waals surface area contributed by atoms with E-state index in [4.69, 9.17) is 59.5 Å². The largest absolute Gasteiger partial charge is 0.491 e. The fourth-order valence-electron chi connectivity index (χ4n) is 2.81. The summed E-state index contributed by atoms with van der Waals surface area (Å²) in [7, 11) is 0. The van der Waals surface area contributed by atoms with Gasteiger partial charge >= 0.3 is 6.09 Å². The number of benzene rings is 1. The molecule has 0 aromatic heterocycles. The number of alkyl halides is 3. The quantitative estimate of drug-likeness (QED) is 0.165. The van der Waals surface area contributed by atoms with Crippen molar-refractivity contribution >= 4 is 52.4 Å². The summed E-state index contributed by atoms with van der Waals surface area (Å²) in [6.07, 6.45) is 3.65. The topological polar surface area (TPSA) is 109 Å². The summed E-state index contributed by atoms with van der Waals surface area (Å²) in [6, 6.07) is 7.34. The van der Waals surface area contributed by atoms with Crippen LogP contribution in [-0.2, 0) is 14.2 Å². The highest BCUT2D eigenvalue weighted by Crippen LogP contribution is 2.26. The Hall–Kier alpha value is -1.55. The number of amides is 1. The Balaban J connectivity index is 2.03. The van der Waals surface area contributed by atoms with Crippen LogP contribution in [0, 0.1) is 5.41 Å². The maximum absolute atomic E-state index is 12.2. The van der Waals surface area contributed by atoms with Crippen LogP contribution in [0.1, 0.15) is 40.0 Å². The van der Waals surface area contributed by atoms with E-state index in [2.05, 4.69) is 4.99 Å². The Morgan fingerprint density at radius 3 is 2.68 bits per heavy atom. The van der Waals surface area contributed by atoms with Gasteiger partial charge in [-0.2, -0.15) is 0 Å². The standard InChI is InChI=1S/C23H32Cl3N3O5/c1-22(2,3)18(27)14-19(29-21(30)34-15-23(24,25)26)28-16-7-6-8-17(13-16)31-11-12-33-20-9-4-5-10-32-20/h6-8,13-14,20H,4-5,9-12,15,27H2,1-3H3,(H,28,29,30)/p+1/b18-14-. The van der Waals surface area contributed by atoms with Crippen LogP contribution in [0.5, 0.6) is 5.75 Å². The number of carbonyl (C=O) groups is 1. The molecule has 0 radical (unpaired) electrons. The van der Waals surface area contributed by atoms with Gasteiger partial charge in [-0.25, -0.2) is 4.79 Å². The maximum Gasteiger partial charge on any atom is 0.438 e. The minimum atomic E-state index is -1.73. The molecule has 1 unspecified atom stereocenters. The summed E-state index contributed by atoms with van der Waals surface area (Å²) in [5.74, 6) is 0.935. The zero-order valence-electron chi connectivity index (χ0n) is 19.7. The second-order valence-electron chi connectivity index (χ2n) is 8.79. The van der Waals surface area contributed by atoms with Crippen molar-refractivity contribution in [2.24, 2.45) is 16.1 Å². The summed E-state index contributed by atoms with van der Waals surface area (Å²) < 4.78 is 20.2. The van der Waals surface area contributed by atoms with Crippen LogP contribution in [0.4, 0.5) is 10.5 Å². The smallest absolute Gasteiger partial charge is 0.438 e. The van der Waals surface area contributed by atoms with Gasteiger partial charge in [-0.15, -0.1) is 4.99 Å². The second kappa shape index (κ2) is 13.5. The first-order valence-corrected chi connectivity index (χ1v) is 12.2. The summed E-state index contributed by atoms with van der Waals surface area (Å²) in [6.45, 7) is 6.96. The van der Waals surface area contributed by atoms with Gasteiger partial charge in [0.15, 0.2) is 6.29 Å². The molecule has 1 aliphatic heterocycles. The summed E-state index contributed by atoms with van der Waals surface area (Å²) in [5, 5.41) is 1.69. The predicted molar refractivity (Wildman–Crippen MR) is 134 cm³/mol. The number of nitrogens with two attached hydrogens (primary N) is 2. The molecule has 34 heavy (non-hydrogen) atoms. The van der Waals surface area contributed by atoms with Gasteiger partial charge in [0.2, 0.25) is 9.63 Å². The van der Waals surface area contributed by atoms with Crippen LogP contribution in [0.3, 0.4) is 0 Å². The number of rotatable bonds is 8. The van der Waals surface area contributed by atoms with E-state index in [0.717, 1.165) is 31.6 Å². The Kier molecular flexibility index (Phi) is 11.4. The third-order valence-corrected chi connectivity index (χ3v) is 5.04. The molecular weight excluding hydrogens is 505 g/mol. The number of carbonyl (C=O) groups excluding carboxylic acids is 1. The molecule has 1 atom stereocenters. The molecule has 4 N–H and O–H groups in total. The van der Waals surface area contributed by atoms with Crippen molar-refractivity contribution < 1.29 is 29.1 Å². The lowest BCUT2D eigenvalue weighted by Gasteiger charge is -2.22. The van der Waals surface area contributed by atoms with Crippen LogP contribution >= 0.6 is 34.8 Å². The summed E-state index contributed by atoms with van der Waals surface area (Å²) in [4.78, 5) is 16.1. The van der Waals surface area contributed by atoms with Gasteiger partial charge in [-0.3, -0.25) is 5.32 Å². The zero-order valence-corrected chi connectivity index (χ0v) is 22.0. The van der Waals surface area contributed by atoms with E-state index in [1.54, 1.807) is 11.4 Å². The van der Waals surface area contributed by atoms with Crippen molar-refractivity contribution in [2.45, 2.75) is 50.1 Å². The first-order chi connectivity index (χ1) is 15.9. The van der Waals surface area contributed by atoms with E-state index in [1.807, 2.05) is 45.0 Å². The lowest BCUT2D eigenvalue weighted by atomic mass is 9.92. The van der Waals surface area contributed by atoms with E-state index < -0.39 is 16.5 Å². The monoisotopic (exact) mass is 536 g/mol. The minimum Gasteiger partial charge on any atom is -0.491 e. The molecule has 0 bridgehead atoms. The number of quaternary nitrogens is 1. The molecule has 8 nitrogen and oxygen atoms in total. The molecule has 0 saturated carbocycles. The third kappa shape index (κ3) is 11.7. The van der Waals surface area contributed by atoms with Gasteiger partial charge < -0.3 is 24.7 Å². The minimum absolute atomic E-state index is 0.155. The number of hydrogen-bond donors (Lipinski definition) is 2. The molecule has 2 rings (SSSR count). The van der Waals surface area contributed by atoms with E-state index in [1.165, 1.54) is 0 Å². The number of halogens is 3. The molecular formula is C23H33Cl3N3O5+. The fourth-order valence-corrected chi connectivity index (χ4v) is 2.97. The van der Waals surface area contributed by atoms with Gasteiger partial charge in [0, 0.05) is 29.9 Å². The van der Waals surface area contributed by atoms with E-state index >= 15 is 0 Å². The van der Waals surface area contributed by atoms with Crippen molar-refractivity contribution in [2.75, 3.05) is 26.4 Å². The van der Waals surface area contributed by atoms with Crippen molar-refractivity contribution in [3.05, 3.63) is 36.0 Å². The van der Waals surface area contributed by atoms with Crippen LogP contribution in [0.2, 0.25) is 0 Å². The van der Waals surface area contributed by atoms with Crippen LogP contribution < -0.4 is 15.8 Å². The summed E-state index contributed by atoms with van der Waals surface area (Å²) in [5.41, 5.74) is 7.15. The Labute approximate surface area is 215 Å². The molecule has 11 heteroatoms. The van der Waals surface area contributed by atoms with Crippen molar-refractivity contribution in [1.29, 1.82) is 0 Å². The molecule has 190 valence electrons. The average Bonchev–Trinajstić information content (AvgIpc) is 2.75. The predicted octanol–water partition coefficient (Wildman–Crippen LogP) is 4.60. The molecule has 1 aliphatic rings. The summed E-state index contributed by atoms with van der Waals surface area (Å²) >= 11 is 16.9. The number of ether oxygens (including phenoxy) is 4. The Morgan fingerprint density at radius 1 is 1.26 bits per heavy atom. The van der Waals surface area contributed by atoms with Gasteiger partial charge in [0.1, 0.15) is 24.7 Å². The van der Waals surface area contributed by atoms with Crippen molar-refractivity contribution in [1.82, 2.24) is 0 Å². The Morgan fingerprint density at radius 2 is 2.03 bits per heavy atom. The molecule has 1 aromatic rings. The lowest BCUT2D eigenvalue weighted by molar-refractivity contribution is -0.442. The SMILES string of the molecule is CC(C)(C)/C(N)=C/C(=N\C(=O)OCC(Cl)(Cl)Cl)[NH2+]c1cccc(OCCOC2CCCCO2)c1. The normalized spacial score (nSPS) is 18.0. The Bertz CT molecular complexity index is 860. The molecule has 0 aliphatic carbocycles. The zero-order chi connectivity index (χ0) is 25.2. The van der Waals surface area contributed by atoms with E-state index in [9.17, 15) is 4.79 Å². The van der Waals surface area contributed by atoms with E-state index in [0.29, 0.717) is 24.7 Å².